The highest BCUT2D eigenvalue weighted by molar-refractivity contribution is 3.07. The van der Waals surface area contributed by atoms with Crippen LogP contribution in [0.2, 0.25) is 0 Å². The zero-order valence-electron chi connectivity index (χ0n) is 9.35. The molecule has 0 saturated heterocycles. The Morgan fingerprint density at radius 2 is 0.611 bits per heavy atom. The van der Waals surface area contributed by atoms with E-state index in [1.807, 2.05) is 0 Å². The van der Waals surface area contributed by atoms with Gasteiger partial charge in [-0.3, -0.25) is 0 Å². The van der Waals surface area contributed by atoms with Gasteiger partial charge in [-0.05, 0) is 80.6 Å². The Labute approximate surface area is 95.6 Å². The minimum atomic E-state index is 3.12. The van der Waals surface area contributed by atoms with Gasteiger partial charge >= 0.3 is 0 Å². The Morgan fingerprint density at radius 3 is 0.833 bits per heavy atom. The number of rotatable bonds is 17. The fourth-order valence-electron chi connectivity index (χ4n) is 0.159. The molecular weight excluding hydrogens is 288 g/mol. The molecule has 110 valence electrons. The van der Waals surface area contributed by atoms with Gasteiger partial charge in [-0.1, -0.05) is 0 Å². The molecule has 18 nitrogen and oxygen atoms in total. The second-order valence-electron chi connectivity index (χ2n) is 1.09. The predicted molar refractivity (Wildman–Crippen MR) is 22.6 cm³/mol. The lowest BCUT2D eigenvalue weighted by atomic mass is 14.0. The molecule has 2 N–H and O–H groups in total. The Kier molecular flexibility index (Phi) is 12.4. The molecule has 0 bridgehead atoms. The van der Waals surface area contributed by atoms with Crippen LogP contribution in [0.5, 0.6) is 0 Å². The van der Waals surface area contributed by atoms with E-state index >= 15 is 0 Å². The quantitative estimate of drug-likeness (QED) is 0.187. The lowest BCUT2D eigenvalue weighted by molar-refractivity contribution is -0.889. The summed E-state index contributed by atoms with van der Waals surface area (Å²) in [6, 6.07) is 0. The summed E-state index contributed by atoms with van der Waals surface area (Å²) in [5.74, 6) is 0. The summed E-state index contributed by atoms with van der Waals surface area (Å²) in [7, 11) is 0. The Morgan fingerprint density at radius 1 is 0.389 bits per heavy atom. The molecule has 0 aromatic rings. The molecule has 0 aromatic heterocycles. The third-order valence-corrected chi connectivity index (χ3v) is 0.417. The van der Waals surface area contributed by atoms with E-state index in [9.17, 15) is 0 Å². The van der Waals surface area contributed by atoms with Gasteiger partial charge in [0.25, 0.3) is 2.86 Å². The summed E-state index contributed by atoms with van der Waals surface area (Å²) in [5.41, 5.74) is 0. The van der Waals surface area contributed by atoms with Gasteiger partial charge < -0.3 is 0 Å². The average molecular weight is 292 g/mol. The van der Waals surface area contributed by atoms with Crippen LogP contribution in [0.3, 0.4) is 0 Å². The lowest BCUT2D eigenvalue weighted by Gasteiger charge is -1.97. The van der Waals surface area contributed by atoms with Crippen molar-refractivity contribution in [2.75, 3.05) is 0 Å². The van der Waals surface area contributed by atoms with E-state index in [0.29, 0.717) is 0 Å². The van der Waals surface area contributed by atoms with Crippen molar-refractivity contribution in [2.45, 2.75) is 0 Å². The molecular formula is H2O18. The first-order valence-electron chi connectivity index (χ1n) is 3.65. The van der Waals surface area contributed by atoms with Crippen molar-refractivity contribution in [3.8, 4) is 0 Å². The van der Waals surface area contributed by atoms with E-state index in [2.05, 4.69) is 91.1 Å². The van der Waals surface area contributed by atoms with Crippen molar-refractivity contribution >= 4 is 0 Å². The van der Waals surface area contributed by atoms with Gasteiger partial charge in [0.2, 0.25) is 0 Å². The first kappa shape index (κ1) is 13.7. The zero-order valence-corrected chi connectivity index (χ0v) is 7.35. The van der Waals surface area contributed by atoms with Crippen LogP contribution in [0.15, 0.2) is 0 Å². The van der Waals surface area contributed by atoms with Crippen molar-refractivity contribution in [3.05, 3.63) is 0 Å². The van der Waals surface area contributed by atoms with E-state index in [0.717, 1.165) is 0 Å². The van der Waals surface area contributed by atoms with Crippen LogP contribution >= 0.6 is 0 Å². The fraction of sp³-hybridized carbons (Fsp3) is 0. The van der Waals surface area contributed by atoms with Crippen LogP contribution in [0.1, 0.15) is 0 Å². The summed E-state index contributed by atoms with van der Waals surface area (Å²) < 4.78 is 11.8. The average Bonchev–Trinajstić information content (AvgIpc) is 2.47. The Balaban J connectivity index is 2.89. The number of hydrogen-bond donors (Lipinski definition) is 2. The summed E-state index contributed by atoms with van der Waals surface area (Å²) in [5, 5.41) is 61.2. The van der Waals surface area contributed by atoms with Gasteiger partial charge in [-0.25, -0.2) is 10.5 Å². The molecule has 0 amide bonds. The summed E-state index contributed by atoms with van der Waals surface area (Å²) in [4.78, 5) is 0. The normalized spacial score (nSPS) is 12.4. The molecule has 0 radical (unpaired) electrons. The highest BCUT2D eigenvalue weighted by atomic mass is 18.0. The van der Waals surface area contributed by atoms with Gasteiger partial charge in [0.15, 0.2) is 0 Å². The van der Waals surface area contributed by atoms with Crippen molar-refractivity contribution in [3.63, 3.8) is 0 Å². The van der Waals surface area contributed by atoms with Crippen LogP contribution in [-0.2, 0) is 80.6 Å². The molecule has 0 aliphatic rings. The molecule has 0 spiro atoms. The lowest BCUT2D eigenvalue weighted by Crippen LogP contribution is -2.04. The predicted octanol–water partition coefficient (Wildman–Crippen LogP) is -1.08. The monoisotopic (exact) mass is 292 g/mol. The van der Waals surface area contributed by atoms with Crippen molar-refractivity contribution in [1.29, 1.82) is 2.86 Å². The maximum absolute atomic E-state index is 5.89. The molecule has 0 aliphatic carbocycles. The zero-order chi connectivity index (χ0) is 14.7. The Bertz CT molecular complexity index is 141. The first-order chi connectivity index (χ1) is 9.91. The van der Waals surface area contributed by atoms with Gasteiger partial charge in [0.1, 0.15) is 0 Å². The first-order valence-corrected chi connectivity index (χ1v) is 2.83. The molecule has 18 heteroatoms. The maximum atomic E-state index is 5.89. The summed E-state index contributed by atoms with van der Waals surface area (Å²) in [6.07, 6.45) is 0. The highest BCUT2D eigenvalue weighted by Gasteiger charge is 1.98. The van der Waals surface area contributed by atoms with Crippen LogP contribution in [-0.4, -0.2) is 10.5 Å². The van der Waals surface area contributed by atoms with E-state index in [4.69, 9.17) is 2.86 Å². The Hall–Kier alpha value is -0.720. The molecule has 0 aromatic carbocycles. The summed E-state index contributed by atoms with van der Waals surface area (Å²) in [6.45, 7) is 0. The second-order valence-corrected chi connectivity index (χ2v) is 1.09. The molecule has 0 atom stereocenters. The van der Waals surface area contributed by atoms with Crippen LogP contribution in [0.25, 0.3) is 2.86 Å². The van der Waals surface area contributed by atoms with Crippen molar-refractivity contribution in [1.82, 2.24) is 0 Å². The van der Waals surface area contributed by atoms with E-state index in [1.165, 1.54) is 0 Å². The smallest absolute Gasteiger partial charge is 0.219 e. The molecule has 0 aliphatic heterocycles. The number of hydrogen-bond acceptors (Lipinski definition) is 18. The topological polar surface area (TPSA) is 188 Å². The largest absolute Gasteiger partial charge is 0.258 e. The van der Waals surface area contributed by atoms with E-state index < -0.39 is 0 Å². The van der Waals surface area contributed by atoms with E-state index in [1.54, 1.807) is 0 Å². The van der Waals surface area contributed by atoms with Crippen LogP contribution in [0, 0.1) is 0 Å². The minimum Gasteiger partial charge on any atom is -0.219 e. The van der Waals surface area contributed by atoms with E-state index in [-0.39, 0.29) is 0 Å². The highest BCUT2D eigenvalue weighted by Crippen LogP contribution is 1.92. The molecule has 0 unspecified atom stereocenters. The standard InChI is InChI=1S/H2O18/c1-3-5-7-9-11-13-15-17-18-16-14-12-10-8-6-4-2/h1-2H/i/hD2. The SMILES string of the molecule is [2H]OOOOOOOOOOOOOOOOOO[2H]. The maximum Gasteiger partial charge on any atom is 0.258 e. The molecule has 0 saturated carbocycles. The molecule has 0 fully saturated rings. The van der Waals surface area contributed by atoms with Crippen LogP contribution < -0.4 is 0 Å². The second kappa shape index (κ2) is 16.3. The molecule has 18 heavy (non-hydrogen) atoms. The van der Waals surface area contributed by atoms with Gasteiger partial charge in [-0.2, -0.15) is 0 Å². The van der Waals surface area contributed by atoms with Gasteiger partial charge in [0, 0.05) is 0 Å². The van der Waals surface area contributed by atoms with Crippen molar-refractivity contribution < 1.29 is 91.1 Å². The van der Waals surface area contributed by atoms with Crippen molar-refractivity contribution in [2.24, 2.45) is 0 Å². The molecule has 0 heterocycles. The molecule has 0 rings (SSSR count). The third kappa shape index (κ3) is 15.3. The fourth-order valence-corrected chi connectivity index (χ4v) is 0.159. The third-order valence-electron chi connectivity index (χ3n) is 0.417. The van der Waals surface area contributed by atoms with Crippen LogP contribution in [0.4, 0.5) is 0 Å². The van der Waals surface area contributed by atoms with Gasteiger partial charge in [-0.15, -0.1) is 0 Å². The van der Waals surface area contributed by atoms with Gasteiger partial charge in [0.05, 0.1) is 0 Å². The summed E-state index contributed by atoms with van der Waals surface area (Å²) >= 11 is 0. The minimum absolute atomic E-state index is 3.12.